The van der Waals surface area contributed by atoms with Gasteiger partial charge in [-0.1, -0.05) is 0 Å². The van der Waals surface area contributed by atoms with E-state index in [1.165, 1.54) is 18.5 Å². The van der Waals surface area contributed by atoms with Crippen LogP contribution in [0.2, 0.25) is 0 Å². The molecule has 0 spiro atoms. The fraction of sp³-hybridized carbons (Fsp3) is 0.565. The molecule has 1 saturated carbocycles. The lowest BCUT2D eigenvalue weighted by Gasteiger charge is -2.32. The lowest BCUT2D eigenvalue weighted by atomic mass is 10.1. The van der Waals surface area contributed by atoms with Gasteiger partial charge in [-0.3, -0.25) is 14.3 Å². The Kier molecular flexibility index (Phi) is 5.17. The summed E-state index contributed by atoms with van der Waals surface area (Å²) in [6, 6.07) is 5.94. The van der Waals surface area contributed by atoms with Crippen LogP contribution >= 0.6 is 0 Å². The fourth-order valence-corrected chi connectivity index (χ4v) is 5.11. The van der Waals surface area contributed by atoms with Gasteiger partial charge in [-0.25, -0.2) is 0 Å². The fourth-order valence-electron chi connectivity index (χ4n) is 5.11. The number of anilines is 3. The molecule has 5 heterocycles. The summed E-state index contributed by atoms with van der Waals surface area (Å²) in [7, 11) is 2.11. The molecule has 0 bridgehead atoms. The van der Waals surface area contributed by atoms with E-state index in [-0.39, 0.29) is 18.0 Å². The van der Waals surface area contributed by atoms with Crippen molar-refractivity contribution in [1.82, 2.24) is 34.8 Å². The average molecular weight is 450 g/mol. The minimum absolute atomic E-state index is 0.0857. The van der Waals surface area contributed by atoms with E-state index in [1.807, 2.05) is 22.7 Å². The summed E-state index contributed by atoms with van der Waals surface area (Å²) in [6.07, 6.45) is 8.30. The van der Waals surface area contributed by atoms with Crippen LogP contribution in [-0.4, -0.2) is 74.1 Å². The molecular formula is C23H31N9O. The number of rotatable bonds is 6. The minimum atomic E-state index is -0.241. The molecule has 2 aliphatic heterocycles. The van der Waals surface area contributed by atoms with Gasteiger partial charge < -0.3 is 20.4 Å². The lowest BCUT2D eigenvalue weighted by Crippen LogP contribution is -2.52. The molecule has 2 atom stereocenters. The van der Waals surface area contributed by atoms with Crippen LogP contribution in [0.3, 0.4) is 0 Å². The highest BCUT2D eigenvalue weighted by Gasteiger charge is 2.34. The second-order valence-electron chi connectivity index (χ2n) is 9.65. The molecule has 0 unspecified atom stereocenters. The number of hydrogen-bond acceptors (Lipinski definition) is 7. The molecule has 0 radical (unpaired) electrons. The largest absolute Gasteiger partial charge is 0.350 e. The van der Waals surface area contributed by atoms with E-state index in [0.29, 0.717) is 17.8 Å². The summed E-state index contributed by atoms with van der Waals surface area (Å²) < 4.78 is 1.91. The topological polar surface area (TPSA) is 106 Å². The van der Waals surface area contributed by atoms with E-state index in [1.54, 1.807) is 0 Å². The van der Waals surface area contributed by atoms with Gasteiger partial charge in [-0.15, -0.1) is 0 Å². The standard InChI is InChI=1S/C23H31N9O/c1-30-10-2-5-16(14-30)24-21(33)18-6-3-11-31(18)23-26-20-7-4-12-32(20)22(27-23)25-19-13-17(28-29-19)15-8-9-15/h4,7,12-13,15-16,18H,2-3,5-6,8-11,14H2,1H3,(H,24,33)(H2,25,26,27,28,29)/t16-,18+/m1/s1. The van der Waals surface area contributed by atoms with Gasteiger partial charge in [-0.05, 0) is 64.3 Å². The number of likely N-dealkylation sites (N-methyl/N-ethyl adjacent to an activating group) is 1. The summed E-state index contributed by atoms with van der Waals surface area (Å²) in [4.78, 5) is 27.2. The van der Waals surface area contributed by atoms with Crippen LogP contribution in [0.25, 0.3) is 5.65 Å². The Hall–Kier alpha value is -3.14. The van der Waals surface area contributed by atoms with Crippen LogP contribution in [-0.2, 0) is 4.79 Å². The van der Waals surface area contributed by atoms with Crippen molar-refractivity contribution >= 4 is 29.3 Å². The first-order chi connectivity index (χ1) is 16.1. The van der Waals surface area contributed by atoms with Crippen molar-refractivity contribution in [1.29, 1.82) is 0 Å². The summed E-state index contributed by atoms with van der Waals surface area (Å²) in [5, 5.41) is 14.2. The van der Waals surface area contributed by atoms with E-state index in [0.717, 1.165) is 56.8 Å². The zero-order chi connectivity index (χ0) is 22.4. The molecule has 3 fully saturated rings. The monoisotopic (exact) mass is 449 g/mol. The summed E-state index contributed by atoms with van der Waals surface area (Å²) in [5.74, 6) is 2.67. The van der Waals surface area contributed by atoms with Gasteiger partial charge in [-0.2, -0.15) is 15.1 Å². The molecule has 174 valence electrons. The van der Waals surface area contributed by atoms with E-state index >= 15 is 0 Å². The highest BCUT2D eigenvalue weighted by Crippen LogP contribution is 2.39. The summed E-state index contributed by atoms with van der Waals surface area (Å²) in [5.41, 5.74) is 1.96. The van der Waals surface area contributed by atoms with Gasteiger partial charge in [0.05, 0.1) is 0 Å². The van der Waals surface area contributed by atoms with E-state index in [9.17, 15) is 4.79 Å². The smallest absolute Gasteiger partial charge is 0.243 e. The maximum absolute atomic E-state index is 13.2. The Balaban J connectivity index is 1.24. The van der Waals surface area contributed by atoms with Gasteiger partial charge in [0, 0.05) is 43.0 Å². The Morgan fingerprint density at radius 2 is 2.03 bits per heavy atom. The van der Waals surface area contributed by atoms with E-state index in [4.69, 9.17) is 9.97 Å². The predicted molar refractivity (Wildman–Crippen MR) is 126 cm³/mol. The molecule has 1 amide bonds. The number of H-pyrrole nitrogens is 1. The third-order valence-electron chi connectivity index (χ3n) is 7.01. The van der Waals surface area contributed by atoms with Crippen molar-refractivity contribution in [3.8, 4) is 0 Å². The van der Waals surface area contributed by atoms with Crippen molar-refractivity contribution in [3.63, 3.8) is 0 Å². The zero-order valence-corrected chi connectivity index (χ0v) is 19.0. The number of amides is 1. The summed E-state index contributed by atoms with van der Waals surface area (Å²) >= 11 is 0. The number of aromatic nitrogens is 5. The van der Waals surface area contributed by atoms with Gasteiger partial charge in [0.15, 0.2) is 5.82 Å². The molecule has 0 aromatic carbocycles. The van der Waals surface area contributed by atoms with Crippen LogP contribution in [0.15, 0.2) is 24.4 Å². The molecule has 3 aromatic rings. The van der Waals surface area contributed by atoms with Crippen molar-refractivity contribution in [2.75, 3.05) is 36.9 Å². The molecule has 10 heteroatoms. The third-order valence-corrected chi connectivity index (χ3v) is 7.01. The first kappa shape index (κ1) is 20.5. The number of carbonyl (C=O) groups excluding carboxylic acids is 1. The lowest BCUT2D eigenvalue weighted by molar-refractivity contribution is -0.123. The maximum atomic E-state index is 13.2. The SMILES string of the molecule is CN1CCC[C@@H](NC(=O)[C@@H]2CCCN2c2nc(Nc3cc(C4CC4)[nH]n3)n3cccc3n2)C1. The quantitative estimate of drug-likeness (QED) is 0.530. The average Bonchev–Trinajstić information content (AvgIpc) is 3.19. The van der Waals surface area contributed by atoms with Crippen molar-refractivity contribution in [2.45, 2.75) is 56.5 Å². The van der Waals surface area contributed by atoms with Crippen molar-refractivity contribution < 1.29 is 4.79 Å². The molecule has 33 heavy (non-hydrogen) atoms. The zero-order valence-electron chi connectivity index (χ0n) is 19.0. The molecule has 3 N–H and O–H groups in total. The highest BCUT2D eigenvalue weighted by atomic mass is 16.2. The molecule has 2 saturated heterocycles. The highest BCUT2D eigenvalue weighted by molar-refractivity contribution is 5.85. The Labute approximate surface area is 192 Å². The Morgan fingerprint density at radius 1 is 1.15 bits per heavy atom. The van der Waals surface area contributed by atoms with Crippen LogP contribution in [0.4, 0.5) is 17.7 Å². The predicted octanol–water partition coefficient (Wildman–Crippen LogP) is 2.25. The molecule has 3 aliphatic rings. The molecule has 10 nitrogen and oxygen atoms in total. The van der Waals surface area contributed by atoms with E-state index in [2.05, 4.69) is 43.7 Å². The Morgan fingerprint density at radius 3 is 2.88 bits per heavy atom. The minimum Gasteiger partial charge on any atom is -0.350 e. The van der Waals surface area contributed by atoms with Crippen molar-refractivity contribution in [3.05, 3.63) is 30.1 Å². The second kappa shape index (κ2) is 8.33. The number of piperidine rings is 1. The number of nitrogens with zero attached hydrogens (tertiary/aromatic N) is 6. The Bertz CT molecular complexity index is 1150. The summed E-state index contributed by atoms with van der Waals surface area (Å²) in [6.45, 7) is 2.78. The van der Waals surface area contributed by atoms with Gasteiger partial charge in [0.25, 0.3) is 0 Å². The number of fused-ring (bicyclic) bond motifs is 1. The second-order valence-corrected chi connectivity index (χ2v) is 9.65. The van der Waals surface area contributed by atoms with Gasteiger partial charge in [0.2, 0.25) is 17.8 Å². The number of hydrogen-bond donors (Lipinski definition) is 3. The molecule has 1 aliphatic carbocycles. The maximum Gasteiger partial charge on any atom is 0.243 e. The number of likely N-dealkylation sites (tertiary alicyclic amines) is 1. The number of aromatic amines is 1. The van der Waals surface area contributed by atoms with Gasteiger partial charge in [0.1, 0.15) is 11.7 Å². The van der Waals surface area contributed by atoms with Crippen LogP contribution in [0.1, 0.15) is 50.1 Å². The van der Waals surface area contributed by atoms with Gasteiger partial charge >= 0.3 is 0 Å². The number of carbonyl (C=O) groups is 1. The van der Waals surface area contributed by atoms with Crippen LogP contribution in [0, 0.1) is 0 Å². The normalized spacial score (nSPS) is 23.8. The van der Waals surface area contributed by atoms with E-state index < -0.39 is 0 Å². The first-order valence-corrected chi connectivity index (χ1v) is 12.1. The van der Waals surface area contributed by atoms with Crippen LogP contribution < -0.4 is 15.5 Å². The molecule has 6 rings (SSSR count). The first-order valence-electron chi connectivity index (χ1n) is 12.1. The molecule has 3 aromatic heterocycles. The third kappa shape index (κ3) is 4.15. The molecular weight excluding hydrogens is 418 g/mol. The number of nitrogens with one attached hydrogen (secondary N) is 3. The van der Waals surface area contributed by atoms with Crippen molar-refractivity contribution in [2.24, 2.45) is 0 Å². The van der Waals surface area contributed by atoms with Crippen LogP contribution in [0.5, 0.6) is 0 Å².